The number of aliphatic hydroxyl groups is 1. The Labute approximate surface area is 150 Å². The maximum atomic E-state index is 12.7. The molecular formula is C21H27NO3. The van der Waals surface area contributed by atoms with Crippen LogP contribution in [0.4, 0.5) is 0 Å². The quantitative estimate of drug-likeness (QED) is 0.710. The van der Waals surface area contributed by atoms with Crippen LogP contribution in [0.1, 0.15) is 37.0 Å². The number of esters is 1. The lowest BCUT2D eigenvalue weighted by molar-refractivity contribution is -0.149. The molecule has 0 bridgehead atoms. The van der Waals surface area contributed by atoms with Crippen LogP contribution < -0.4 is 0 Å². The van der Waals surface area contributed by atoms with Crippen LogP contribution in [-0.4, -0.2) is 42.2 Å². The van der Waals surface area contributed by atoms with E-state index in [2.05, 4.69) is 18.7 Å². The first-order valence-corrected chi connectivity index (χ1v) is 8.84. The molecule has 2 unspecified atom stereocenters. The van der Waals surface area contributed by atoms with Crippen molar-refractivity contribution in [3.63, 3.8) is 0 Å². The molecule has 25 heavy (non-hydrogen) atoms. The molecule has 1 N–H and O–H groups in total. The normalized spacial score (nSPS) is 13.4. The average Bonchev–Trinajstić information content (AvgIpc) is 2.67. The summed E-state index contributed by atoms with van der Waals surface area (Å²) in [6, 6.07) is 18.6. The number of benzene rings is 2. The maximum Gasteiger partial charge on any atom is 0.316 e. The second kappa shape index (κ2) is 9.97. The third-order valence-electron chi connectivity index (χ3n) is 4.42. The van der Waals surface area contributed by atoms with Crippen LogP contribution >= 0.6 is 0 Å². The van der Waals surface area contributed by atoms with Gasteiger partial charge >= 0.3 is 5.97 Å². The molecule has 0 aliphatic rings. The van der Waals surface area contributed by atoms with Gasteiger partial charge in [0.05, 0.1) is 6.10 Å². The highest BCUT2D eigenvalue weighted by atomic mass is 16.5. The van der Waals surface area contributed by atoms with Gasteiger partial charge < -0.3 is 14.7 Å². The highest BCUT2D eigenvalue weighted by molar-refractivity contribution is 5.79. The van der Waals surface area contributed by atoms with Crippen LogP contribution in [-0.2, 0) is 9.53 Å². The predicted molar refractivity (Wildman–Crippen MR) is 99.3 cm³/mol. The van der Waals surface area contributed by atoms with E-state index in [4.69, 9.17) is 4.74 Å². The number of ether oxygens (including phenoxy) is 1. The van der Waals surface area contributed by atoms with E-state index in [1.54, 1.807) is 0 Å². The second-order valence-corrected chi connectivity index (χ2v) is 5.94. The van der Waals surface area contributed by atoms with Gasteiger partial charge in [-0.1, -0.05) is 74.5 Å². The molecule has 0 aliphatic carbocycles. The molecule has 0 amide bonds. The molecule has 0 saturated carbocycles. The second-order valence-electron chi connectivity index (χ2n) is 5.94. The van der Waals surface area contributed by atoms with E-state index in [0.717, 1.165) is 18.7 Å². The molecule has 2 rings (SSSR count). The van der Waals surface area contributed by atoms with Crippen molar-refractivity contribution >= 4 is 5.97 Å². The van der Waals surface area contributed by atoms with Crippen LogP contribution in [0.3, 0.4) is 0 Å². The number of carbonyl (C=O) groups is 1. The van der Waals surface area contributed by atoms with Crippen molar-refractivity contribution in [1.82, 2.24) is 4.90 Å². The van der Waals surface area contributed by atoms with Gasteiger partial charge in [-0.25, -0.2) is 0 Å². The number of hydrogen-bond acceptors (Lipinski definition) is 4. The van der Waals surface area contributed by atoms with E-state index < -0.39 is 18.0 Å². The van der Waals surface area contributed by atoms with Crippen LogP contribution in [0.15, 0.2) is 60.7 Å². The third kappa shape index (κ3) is 5.41. The molecule has 134 valence electrons. The third-order valence-corrected chi connectivity index (χ3v) is 4.42. The van der Waals surface area contributed by atoms with Gasteiger partial charge in [-0.2, -0.15) is 0 Å². The first-order chi connectivity index (χ1) is 12.2. The molecule has 2 atom stereocenters. The molecule has 2 aromatic carbocycles. The van der Waals surface area contributed by atoms with Crippen LogP contribution in [0.25, 0.3) is 0 Å². The molecule has 4 heteroatoms. The Hall–Kier alpha value is -2.17. The van der Waals surface area contributed by atoms with Crippen molar-refractivity contribution in [2.45, 2.75) is 25.9 Å². The molecule has 0 fully saturated rings. The minimum Gasteiger partial charge on any atom is -0.464 e. The number of hydrogen-bond donors (Lipinski definition) is 1. The van der Waals surface area contributed by atoms with Crippen LogP contribution in [0, 0.1) is 0 Å². The Bertz CT molecular complexity index is 626. The summed E-state index contributed by atoms with van der Waals surface area (Å²) in [7, 11) is 0. The fourth-order valence-corrected chi connectivity index (χ4v) is 2.86. The van der Waals surface area contributed by atoms with Gasteiger partial charge in [0.1, 0.15) is 12.5 Å². The van der Waals surface area contributed by atoms with Crippen LogP contribution in [0.2, 0.25) is 0 Å². The van der Waals surface area contributed by atoms with Gasteiger partial charge in [0.25, 0.3) is 0 Å². The van der Waals surface area contributed by atoms with Crippen molar-refractivity contribution in [1.29, 1.82) is 0 Å². The van der Waals surface area contributed by atoms with Crippen molar-refractivity contribution in [2.24, 2.45) is 0 Å². The minimum atomic E-state index is -0.940. The van der Waals surface area contributed by atoms with E-state index in [1.165, 1.54) is 0 Å². The van der Waals surface area contributed by atoms with E-state index in [0.29, 0.717) is 18.7 Å². The Morgan fingerprint density at radius 1 is 0.960 bits per heavy atom. The molecule has 0 heterocycles. The zero-order valence-corrected chi connectivity index (χ0v) is 15.0. The molecule has 4 nitrogen and oxygen atoms in total. The van der Waals surface area contributed by atoms with Gasteiger partial charge in [0.15, 0.2) is 0 Å². The zero-order chi connectivity index (χ0) is 18.1. The minimum absolute atomic E-state index is 0.325. The summed E-state index contributed by atoms with van der Waals surface area (Å²) in [6.45, 7) is 7.02. The van der Waals surface area contributed by atoms with E-state index in [-0.39, 0.29) is 0 Å². The summed E-state index contributed by atoms with van der Waals surface area (Å²) in [4.78, 5) is 14.9. The zero-order valence-electron chi connectivity index (χ0n) is 15.0. The van der Waals surface area contributed by atoms with Gasteiger partial charge in [-0.3, -0.25) is 4.79 Å². The highest BCUT2D eigenvalue weighted by Gasteiger charge is 2.31. The van der Waals surface area contributed by atoms with Crippen molar-refractivity contribution < 1.29 is 14.6 Å². The fourth-order valence-electron chi connectivity index (χ4n) is 2.86. The van der Waals surface area contributed by atoms with Gasteiger partial charge in [-0.05, 0) is 24.2 Å². The monoisotopic (exact) mass is 341 g/mol. The Morgan fingerprint density at radius 2 is 1.48 bits per heavy atom. The molecular weight excluding hydrogens is 314 g/mol. The van der Waals surface area contributed by atoms with E-state index in [1.807, 2.05) is 60.7 Å². The molecule has 0 spiro atoms. The smallest absolute Gasteiger partial charge is 0.316 e. The van der Waals surface area contributed by atoms with Crippen molar-refractivity contribution in [3.05, 3.63) is 71.8 Å². The van der Waals surface area contributed by atoms with E-state index >= 15 is 0 Å². The number of nitrogens with zero attached hydrogens (tertiary/aromatic N) is 1. The summed E-state index contributed by atoms with van der Waals surface area (Å²) in [5, 5.41) is 10.8. The maximum absolute atomic E-state index is 12.7. The Kier molecular flexibility index (Phi) is 7.64. The van der Waals surface area contributed by atoms with Gasteiger partial charge in [0.2, 0.25) is 0 Å². The summed E-state index contributed by atoms with van der Waals surface area (Å²) >= 11 is 0. The topological polar surface area (TPSA) is 49.8 Å². The lowest BCUT2D eigenvalue weighted by Crippen LogP contribution is -2.30. The SMILES string of the molecule is CCN(CC)CCOC(=O)C(c1ccccc1)C(O)c1ccccc1. The van der Waals surface area contributed by atoms with Crippen molar-refractivity contribution in [2.75, 3.05) is 26.2 Å². The van der Waals surface area contributed by atoms with E-state index in [9.17, 15) is 9.90 Å². The highest BCUT2D eigenvalue weighted by Crippen LogP contribution is 2.32. The standard InChI is InChI=1S/C21H27NO3/c1-3-22(4-2)15-16-25-21(24)19(17-11-7-5-8-12-17)20(23)18-13-9-6-10-14-18/h5-14,19-20,23H,3-4,15-16H2,1-2H3. The first kappa shape index (κ1) is 19.2. The summed E-state index contributed by atoms with van der Waals surface area (Å²) < 4.78 is 5.49. The molecule has 0 saturated heterocycles. The van der Waals surface area contributed by atoms with Gasteiger partial charge in [0, 0.05) is 6.54 Å². The summed E-state index contributed by atoms with van der Waals surface area (Å²) in [6.07, 6.45) is -0.940. The predicted octanol–water partition coefficient (Wildman–Crippen LogP) is 3.39. The number of carbonyl (C=O) groups excluding carboxylic acids is 1. The lowest BCUT2D eigenvalue weighted by atomic mass is 9.89. The van der Waals surface area contributed by atoms with Gasteiger partial charge in [-0.15, -0.1) is 0 Å². The van der Waals surface area contributed by atoms with Crippen molar-refractivity contribution in [3.8, 4) is 0 Å². The number of aliphatic hydroxyl groups excluding tert-OH is 1. The molecule has 0 aliphatic heterocycles. The number of likely N-dealkylation sites (N-methyl/N-ethyl adjacent to an activating group) is 1. The number of rotatable bonds is 9. The molecule has 0 radical (unpaired) electrons. The fraction of sp³-hybridized carbons (Fsp3) is 0.381. The first-order valence-electron chi connectivity index (χ1n) is 8.84. The Balaban J connectivity index is 2.13. The summed E-state index contributed by atoms with van der Waals surface area (Å²) in [5.74, 6) is -1.13. The molecule has 2 aromatic rings. The Morgan fingerprint density at radius 3 is 2.00 bits per heavy atom. The largest absolute Gasteiger partial charge is 0.464 e. The lowest BCUT2D eigenvalue weighted by Gasteiger charge is -2.23. The average molecular weight is 341 g/mol. The summed E-state index contributed by atoms with van der Waals surface area (Å²) in [5.41, 5.74) is 1.46. The molecule has 0 aromatic heterocycles. The van der Waals surface area contributed by atoms with Crippen LogP contribution in [0.5, 0.6) is 0 Å².